The van der Waals surface area contributed by atoms with E-state index in [2.05, 4.69) is 19.8 Å². The van der Waals surface area contributed by atoms with Gasteiger partial charge in [-0.25, -0.2) is 13.8 Å². The third-order valence-corrected chi connectivity index (χ3v) is 6.98. The summed E-state index contributed by atoms with van der Waals surface area (Å²) in [7, 11) is 1.64. The minimum atomic E-state index is -0.267. The number of benzene rings is 3. The number of nitrogens with zero attached hydrogens (tertiary/aromatic N) is 4. The molecule has 6 nitrogen and oxygen atoms in total. The second-order valence-corrected chi connectivity index (χ2v) is 9.63. The monoisotopic (exact) mass is 530 g/mol. The highest BCUT2D eigenvalue weighted by molar-refractivity contribution is 5.57. The lowest BCUT2D eigenvalue weighted by Gasteiger charge is -2.39. The van der Waals surface area contributed by atoms with Crippen LogP contribution in [-0.4, -0.2) is 66.2 Å². The Balaban J connectivity index is 1.18. The molecule has 0 spiro atoms. The third-order valence-electron chi connectivity index (χ3n) is 6.98. The topological polar surface area (TPSA) is 50.7 Å². The van der Waals surface area contributed by atoms with Crippen LogP contribution in [0.1, 0.15) is 22.9 Å². The molecule has 4 aromatic rings. The summed E-state index contributed by atoms with van der Waals surface area (Å²) in [5.74, 6) is 1.42. The molecule has 202 valence electrons. The van der Waals surface area contributed by atoms with Crippen molar-refractivity contribution in [2.45, 2.75) is 13.0 Å². The molecule has 0 radical (unpaired) electrons. The molecule has 1 aliphatic rings. The third kappa shape index (κ3) is 6.77. The van der Waals surface area contributed by atoms with E-state index in [-0.39, 0.29) is 17.7 Å². The average Bonchev–Trinajstić information content (AvgIpc) is 2.96. The predicted octanol–water partition coefficient (Wildman–Crippen LogP) is 5.52. The van der Waals surface area contributed by atoms with Crippen molar-refractivity contribution in [1.82, 2.24) is 19.8 Å². The van der Waals surface area contributed by atoms with Crippen LogP contribution in [0.25, 0.3) is 11.4 Å². The molecule has 2 heterocycles. The van der Waals surface area contributed by atoms with Gasteiger partial charge in [0.05, 0.1) is 13.2 Å². The van der Waals surface area contributed by atoms with E-state index in [1.165, 1.54) is 24.3 Å². The molecule has 8 heteroatoms. The van der Waals surface area contributed by atoms with Crippen molar-refractivity contribution in [2.75, 3.05) is 46.4 Å². The van der Waals surface area contributed by atoms with Crippen LogP contribution in [0, 0.1) is 18.6 Å². The summed E-state index contributed by atoms with van der Waals surface area (Å²) in [4.78, 5) is 13.9. The van der Waals surface area contributed by atoms with Crippen LogP contribution >= 0.6 is 0 Å². The second-order valence-electron chi connectivity index (χ2n) is 9.63. The maximum absolute atomic E-state index is 13.6. The summed E-state index contributed by atoms with van der Waals surface area (Å²) >= 11 is 0. The summed E-state index contributed by atoms with van der Waals surface area (Å²) < 4.78 is 38.5. The van der Waals surface area contributed by atoms with Gasteiger partial charge in [0, 0.05) is 50.0 Å². The van der Waals surface area contributed by atoms with Gasteiger partial charge in [-0.3, -0.25) is 9.80 Å². The number of piperazine rings is 1. The zero-order chi connectivity index (χ0) is 27.2. The number of ether oxygens (including phenoxy) is 2. The van der Waals surface area contributed by atoms with Gasteiger partial charge in [-0.05, 0) is 66.6 Å². The predicted molar refractivity (Wildman–Crippen MR) is 147 cm³/mol. The summed E-state index contributed by atoms with van der Waals surface area (Å²) in [6, 6.07) is 22.6. The fourth-order valence-corrected chi connectivity index (χ4v) is 4.91. The van der Waals surface area contributed by atoms with Gasteiger partial charge in [0.1, 0.15) is 24.0 Å². The number of aromatic nitrogens is 2. The number of rotatable bonds is 9. The van der Waals surface area contributed by atoms with Gasteiger partial charge in [0.15, 0.2) is 5.82 Å². The van der Waals surface area contributed by atoms with Crippen LogP contribution in [0.5, 0.6) is 11.6 Å². The van der Waals surface area contributed by atoms with Crippen molar-refractivity contribution in [3.05, 3.63) is 107 Å². The Labute approximate surface area is 227 Å². The zero-order valence-electron chi connectivity index (χ0n) is 22.2. The number of hydrogen-bond donors (Lipinski definition) is 0. The molecule has 0 saturated carbocycles. The first-order chi connectivity index (χ1) is 19.0. The summed E-state index contributed by atoms with van der Waals surface area (Å²) in [5, 5.41) is 0. The lowest BCUT2D eigenvalue weighted by Crippen LogP contribution is -2.48. The van der Waals surface area contributed by atoms with Gasteiger partial charge in [-0.1, -0.05) is 24.3 Å². The molecule has 0 amide bonds. The Kier molecular flexibility index (Phi) is 8.44. The Bertz CT molecular complexity index is 1310. The van der Waals surface area contributed by atoms with Crippen LogP contribution in [0.4, 0.5) is 8.78 Å². The van der Waals surface area contributed by atoms with E-state index in [9.17, 15) is 8.78 Å². The molecular formula is C31H32F2N4O2. The molecule has 1 fully saturated rings. The van der Waals surface area contributed by atoms with Crippen LogP contribution in [-0.2, 0) is 0 Å². The Morgan fingerprint density at radius 3 is 1.95 bits per heavy atom. The lowest BCUT2D eigenvalue weighted by molar-refractivity contribution is 0.0970. The molecule has 0 N–H and O–H groups in total. The SMILES string of the molecule is COc1ccc(-c2nc(C)cc(OCCN3CCN(C(c4ccc(F)cc4)c4ccc(F)cc4)CC3)n2)cc1. The van der Waals surface area contributed by atoms with Crippen molar-refractivity contribution in [1.29, 1.82) is 0 Å². The van der Waals surface area contributed by atoms with Gasteiger partial charge in [0.25, 0.3) is 0 Å². The van der Waals surface area contributed by atoms with E-state index in [1.54, 1.807) is 7.11 Å². The molecule has 0 aliphatic carbocycles. The minimum absolute atomic E-state index is 0.0648. The van der Waals surface area contributed by atoms with Crippen LogP contribution in [0.2, 0.25) is 0 Å². The van der Waals surface area contributed by atoms with Crippen molar-refractivity contribution >= 4 is 0 Å². The smallest absolute Gasteiger partial charge is 0.217 e. The first-order valence-electron chi connectivity index (χ1n) is 13.1. The van der Waals surface area contributed by atoms with Crippen molar-refractivity contribution in [2.24, 2.45) is 0 Å². The Morgan fingerprint density at radius 1 is 0.795 bits per heavy atom. The molecule has 0 atom stereocenters. The highest BCUT2D eigenvalue weighted by Crippen LogP contribution is 2.30. The van der Waals surface area contributed by atoms with E-state index in [0.29, 0.717) is 18.3 Å². The quantitative estimate of drug-likeness (QED) is 0.284. The van der Waals surface area contributed by atoms with E-state index in [1.807, 2.05) is 61.5 Å². The van der Waals surface area contributed by atoms with Crippen LogP contribution in [0.3, 0.4) is 0 Å². The van der Waals surface area contributed by atoms with Gasteiger partial charge >= 0.3 is 0 Å². The van der Waals surface area contributed by atoms with Gasteiger partial charge in [-0.15, -0.1) is 0 Å². The molecule has 0 bridgehead atoms. The van der Waals surface area contributed by atoms with E-state index in [0.717, 1.165) is 60.9 Å². The lowest BCUT2D eigenvalue weighted by atomic mass is 9.96. The van der Waals surface area contributed by atoms with E-state index >= 15 is 0 Å². The number of hydrogen-bond acceptors (Lipinski definition) is 6. The van der Waals surface area contributed by atoms with Crippen molar-refractivity contribution in [3.8, 4) is 23.0 Å². The maximum Gasteiger partial charge on any atom is 0.217 e. The fourth-order valence-electron chi connectivity index (χ4n) is 4.91. The first-order valence-corrected chi connectivity index (χ1v) is 13.1. The highest BCUT2D eigenvalue weighted by Gasteiger charge is 2.26. The zero-order valence-corrected chi connectivity index (χ0v) is 22.2. The molecule has 3 aromatic carbocycles. The van der Waals surface area contributed by atoms with Crippen molar-refractivity contribution in [3.63, 3.8) is 0 Å². The number of aryl methyl sites for hydroxylation is 1. The standard InChI is InChI=1S/C31H32F2N4O2/c1-22-21-29(35-31(34-22)25-7-13-28(38-2)14-8-25)39-20-19-36-15-17-37(18-16-36)30(23-3-9-26(32)10-4-23)24-5-11-27(33)12-6-24/h3-14,21,30H,15-20H2,1-2H3. The Morgan fingerprint density at radius 2 is 1.38 bits per heavy atom. The van der Waals surface area contributed by atoms with Crippen LogP contribution < -0.4 is 9.47 Å². The van der Waals surface area contributed by atoms with Crippen molar-refractivity contribution < 1.29 is 18.3 Å². The highest BCUT2D eigenvalue weighted by atomic mass is 19.1. The molecule has 1 saturated heterocycles. The largest absolute Gasteiger partial charge is 0.497 e. The summed E-state index contributed by atoms with van der Waals surface area (Å²) in [6.07, 6.45) is 0. The maximum atomic E-state index is 13.6. The molecule has 5 rings (SSSR count). The molecule has 1 aliphatic heterocycles. The number of methoxy groups -OCH3 is 1. The average molecular weight is 531 g/mol. The molecule has 1 aromatic heterocycles. The fraction of sp³-hybridized carbons (Fsp3) is 0.290. The van der Waals surface area contributed by atoms with E-state index < -0.39 is 0 Å². The van der Waals surface area contributed by atoms with Gasteiger partial charge < -0.3 is 9.47 Å². The molecule has 39 heavy (non-hydrogen) atoms. The normalized spacial score (nSPS) is 14.5. The van der Waals surface area contributed by atoms with Gasteiger partial charge in [-0.2, -0.15) is 4.98 Å². The van der Waals surface area contributed by atoms with Crippen LogP contribution in [0.15, 0.2) is 78.9 Å². The Hall–Kier alpha value is -3.88. The van der Waals surface area contributed by atoms with E-state index in [4.69, 9.17) is 9.47 Å². The number of halogens is 2. The minimum Gasteiger partial charge on any atom is -0.497 e. The molecular weight excluding hydrogens is 498 g/mol. The summed E-state index contributed by atoms with van der Waals surface area (Å²) in [5.41, 5.74) is 3.72. The van der Waals surface area contributed by atoms with Gasteiger partial charge in [0.2, 0.25) is 5.88 Å². The molecule has 0 unspecified atom stereocenters. The first kappa shape index (κ1) is 26.7. The summed E-state index contributed by atoms with van der Waals surface area (Å²) in [6.45, 7) is 6.59. The second kappa shape index (κ2) is 12.3.